The van der Waals surface area contributed by atoms with Crippen molar-refractivity contribution in [2.24, 2.45) is 0 Å². The number of anilines is 1. The van der Waals surface area contributed by atoms with Gasteiger partial charge in [0.2, 0.25) is 0 Å². The van der Waals surface area contributed by atoms with Gasteiger partial charge in [-0.3, -0.25) is 10.00 Å². The molecule has 1 aromatic carbocycles. The molecule has 1 atom stereocenters. The van der Waals surface area contributed by atoms with Gasteiger partial charge in [-0.05, 0) is 45.7 Å². The second-order valence-corrected chi connectivity index (χ2v) is 9.92. The van der Waals surface area contributed by atoms with Crippen LogP contribution in [0.25, 0.3) is 22.2 Å². The smallest absolute Gasteiger partial charge is 0.413 e. The molecule has 2 aliphatic heterocycles. The third kappa shape index (κ3) is 4.45. The molecule has 0 bridgehead atoms. The minimum Gasteiger partial charge on any atom is -0.444 e. The number of hydrogen-bond acceptors (Lipinski definition) is 6. The number of hydrogen-bond donors (Lipinski definition) is 1. The monoisotopic (exact) mass is 499 g/mol. The Balaban J connectivity index is 1.50. The van der Waals surface area contributed by atoms with Gasteiger partial charge in [0.1, 0.15) is 17.1 Å². The van der Waals surface area contributed by atoms with Crippen molar-refractivity contribution in [3.63, 3.8) is 0 Å². The zero-order valence-corrected chi connectivity index (χ0v) is 20.2. The molecule has 1 fully saturated rings. The quantitative estimate of drug-likeness (QED) is 0.508. The van der Waals surface area contributed by atoms with Crippen LogP contribution in [-0.2, 0) is 9.47 Å². The predicted molar refractivity (Wildman–Crippen MR) is 128 cm³/mol. The highest BCUT2D eigenvalue weighted by molar-refractivity contribution is 5.97. The van der Waals surface area contributed by atoms with E-state index in [2.05, 4.69) is 10.3 Å². The van der Waals surface area contributed by atoms with Gasteiger partial charge in [0.05, 0.1) is 17.1 Å². The van der Waals surface area contributed by atoms with E-state index in [1.807, 2.05) is 49.7 Å². The molecule has 0 unspecified atom stereocenters. The molecule has 190 valence electrons. The molecule has 36 heavy (non-hydrogen) atoms. The van der Waals surface area contributed by atoms with Gasteiger partial charge < -0.3 is 14.4 Å². The molecule has 0 spiro atoms. The summed E-state index contributed by atoms with van der Waals surface area (Å²) in [5.41, 5.74) is 1.31. The van der Waals surface area contributed by atoms with E-state index in [9.17, 15) is 18.4 Å². The number of alkyl halides is 2. The molecule has 11 heteroatoms. The molecule has 3 aromatic rings. The van der Waals surface area contributed by atoms with E-state index < -0.39 is 24.2 Å². The number of piperidine rings is 1. The fraction of sp³-hybridized carbons (Fsp3) is 0.440. The van der Waals surface area contributed by atoms with Gasteiger partial charge in [0, 0.05) is 30.2 Å². The SMILES string of the molecule is CC(C)(C)OC(=O)N1CCC(n2nc(-c3ccnc4c3[C@H](C(F)F)OC(=O)N4)c3ccccc32)CC1. The Labute approximate surface area is 206 Å². The molecule has 0 radical (unpaired) electrons. The summed E-state index contributed by atoms with van der Waals surface area (Å²) in [7, 11) is 0. The van der Waals surface area contributed by atoms with Crippen LogP contribution in [0.5, 0.6) is 0 Å². The Morgan fingerprint density at radius 1 is 1.19 bits per heavy atom. The number of para-hydroxylation sites is 1. The predicted octanol–water partition coefficient (Wildman–Crippen LogP) is 5.54. The highest BCUT2D eigenvalue weighted by Crippen LogP contribution is 2.42. The number of amides is 2. The summed E-state index contributed by atoms with van der Waals surface area (Å²) in [4.78, 5) is 30.1. The van der Waals surface area contributed by atoms with Crippen LogP contribution in [0, 0.1) is 0 Å². The van der Waals surface area contributed by atoms with Crippen molar-refractivity contribution in [2.45, 2.75) is 57.8 Å². The minimum absolute atomic E-state index is 0.00171. The molecule has 2 amide bonds. The van der Waals surface area contributed by atoms with Crippen LogP contribution in [0.4, 0.5) is 24.2 Å². The molecule has 5 rings (SSSR count). The minimum atomic E-state index is -2.93. The number of fused-ring (bicyclic) bond motifs is 2. The van der Waals surface area contributed by atoms with E-state index in [-0.39, 0.29) is 23.5 Å². The van der Waals surface area contributed by atoms with Crippen molar-refractivity contribution >= 4 is 28.9 Å². The molecular weight excluding hydrogens is 472 g/mol. The second kappa shape index (κ2) is 9.03. The van der Waals surface area contributed by atoms with Crippen LogP contribution in [0.15, 0.2) is 36.5 Å². The Morgan fingerprint density at radius 2 is 1.92 bits per heavy atom. The average Bonchev–Trinajstić information content (AvgIpc) is 3.21. The zero-order chi connectivity index (χ0) is 25.6. The molecule has 0 aliphatic carbocycles. The summed E-state index contributed by atoms with van der Waals surface area (Å²) in [5.74, 6) is 0.0401. The van der Waals surface area contributed by atoms with Crippen LogP contribution >= 0.6 is 0 Å². The fourth-order valence-electron chi connectivity index (χ4n) is 4.73. The standard InChI is InChI=1S/C25H27F2N5O4/c1-25(2,3)36-24(34)31-12-9-14(10-13-31)32-17-7-5-4-6-15(17)19(30-32)16-8-11-28-22-18(16)20(21(26)27)35-23(33)29-22/h4-8,11,14,20-21H,9-10,12-13H2,1-3H3,(H,28,29,33)/t20-/m1/s1. The summed E-state index contributed by atoms with van der Waals surface area (Å²) in [6.45, 7) is 6.54. The van der Waals surface area contributed by atoms with Crippen molar-refractivity contribution in [3.05, 3.63) is 42.1 Å². The summed E-state index contributed by atoms with van der Waals surface area (Å²) in [6.07, 6.45) is -3.20. The van der Waals surface area contributed by atoms with Crippen molar-refractivity contribution in [1.82, 2.24) is 19.7 Å². The number of nitrogens with one attached hydrogen (secondary N) is 1. The van der Waals surface area contributed by atoms with Gasteiger partial charge in [-0.2, -0.15) is 5.10 Å². The summed E-state index contributed by atoms with van der Waals surface area (Å²) in [6, 6.07) is 9.19. The van der Waals surface area contributed by atoms with Gasteiger partial charge in [-0.15, -0.1) is 0 Å². The van der Waals surface area contributed by atoms with Crippen molar-refractivity contribution in [3.8, 4) is 11.3 Å². The van der Waals surface area contributed by atoms with E-state index in [0.29, 0.717) is 37.2 Å². The van der Waals surface area contributed by atoms with E-state index in [1.54, 1.807) is 11.0 Å². The van der Waals surface area contributed by atoms with Crippen LogP contribution in [0.3, 0.4) is 0 Å². The number of nitrogens with zero attached hydrogens (tertiary/aromatic N) is 4. The number of carbonyl (C=O) groups is 2. The third-order valence-electron chi connectivity index (χ3n) is 6.29. The maximum atomic E-state index is 13.9. The Hall–Kier alpha value is -3.76. The lowest BCUT2D eigenvalue weighted by atomic mass is 9.98. The molecule has 1 N–H and O–H groups in total. The zero-order valence-electron chi connectivity index (χ0n) is 20.2. The number of likely N-dealkylation sites (tertiary alicyclic amines) is 1. The first-order valence-corrected chi connectivity index (χ1v) is 11.8. The lowest BCUT2D eigenvalue weighted by Gasteiger charge is -2.33. The first-order chi connectivity index (χ1) is 17.1. The topological polar surface area (TPSA) is 98.6 Å². The van der Waals surface area contributed by atoms with Gasteiger partial charge >= 0.3 is 12.2 Å². The lowest BCUT2D eigenvalue weighted by Crippen LogP contribution is -2.42. The number of benzene rings is 1. The van der Waals surface area contributed by atoms with E-state index >= 15 is 0 Å². The first kappa shape index (κ1) is 24.0. The molecular formula is C25H27F2N5O4. The summed E-state index contributed by atoms with van der Waals surface area (Å²) < 4.78 is 40.1. The number of aromatic nitrogens is 3. The van der Waals surface area contributed by atoms with Crippen LogP contribution in [0.1, 0.15) is 51.3 Å². The first-order valence-electron chi connectivity index (χ1n) is 11.8. The maximum Gasteiger partial charge on any atom is 0.413 e. The van der Waals surface area contributed by atoms with Crippen molar-refractivity contribution < 1.29 is 27.8 Å². The second-order valence-electron chi connectivity index (χ2n) is 9.92. The number of ether oxygens (including phenoxy) is 2. The van der Waals surface area contributed by atoms with Crippen molar-refractivity contribution in [1.29, 1.82) is 0 Å². The van der Waals surface area contributed by atoms with E-state index in [0.717, 1.165) is 10.9 Å². The Kier molecular flexibility index (Phi) is 6.01. The van der Waals surface area contributed by atoms with Crippen LogP contribution in [-0.4, -0.2) is 57.0 Å². The highest BCUT2D eigenvalue weighted by Gasteiger charge is 2.38. The van der Waals surface area contributed by atoms with Gasteiger partial charge in [-0.25, -0.2) is 23.4 Å². The maximum absolute atomic E-state index is 13.9. The largest absolute Gasteiger partial charge is 0.444 e. The Bertz CT molecular complexity index is 1310. The van der Waals surface area contributed by atoms with Gasteiger partial charge in [-0.1, -0.05) is 18.2 Å². The van der Waals surface area contributed by atoms with E-state index in [4.69, 9.17) is 14.6 Å². The van der Waals surface area contributed by atoms with Crippen LogP contribution in [0.2, 0.25) is 0 Å². The number of halogens is 2. The molecule has 2 aromatic heterocycles. The number of carbonyl (C=O) groups excluding carboxylic acids is 2. The third-order valence-corrected chi connectivity index (χ3v) is 6.29. The number of rotatable bonds is 3. The number of cyclic esters (lactones) is 1. The summed E-state index contributed by atoms with van der Waals surface area (Å²) >= 11 is 0. The van der Waals surface area contributed by atoms with Crippen molar-refractivity contribution in [2.75, 3.05) is 18.4 Å². The molecule has 4 heterocycles. The molecule has 0 saturated carbocycles. The summed E-state index contributed by atoms with van der Waals surface area (Å²) in [5, 5.41) is 8.07. The molecule has 9 nitrogen and oxygen atoms in total. The fourth-order valence-corrected chi connectivity index (χ4v) is 4.73. The van der Waals surface area contributed by atoms with Gasteiger partial charge in [0.15, 0.2) is 6.10 Å². The average molecular weight is 500 g/mol. The van der Waals surface area contributed by atoms with Gasteiger partial charge in [0.25, 0.3) is 6.43 Å². The number of pyridine rings is 1. The highest BCUT2D eigenvalue weighted by atomic mass is 19.3. The normalized spacial score (nSPS) is 18.7. The van der Waals surface area contributed by atoms with Crippen LogP contribution < -0.4 is 5.32 Å². The van der Waals surface area contributed by atoms with E-state index in [1.165, 1.54) is 6.20 Å². The molecule has 1 saturated heterocycles. The molecule has 2 aliphatic rings. The Morgan fingerprint density at radius 3 is 2.61 bits per heavy atom. The lowest BCUT2D eigenvalue weighted by molar-refractivity contribution is -0.0168.